The van der Waals surface area contributed by atoms with E-state index in [9.17, 15) is 13.2 Å². The molecule has 2 aromatic carbocycles. The van der Waals surface area contributed by atoms with E-state index in [-0.39, 0.29) is 12.5 Å². The Morgan fingerprint density at radius 2 is 1.52 bits per heavy atom. The topological polar surface area (TPSA) is 66.5 Å². The molecule has 0 aliphatic heterocycles. The molecule has 0 aliphatic carbocycles. The van der Waals surface area contributed by atoms with Crippen LogP contribution in [0.5, 0.6) is 0 Å². The average molecular weight is 389 g/mol. The summed E-state index contributed by atoms with van der Waals surface area (Å²) in [6.45, 7) is 9.99. The van der Waals surface area contributed by atoms with Crippen LogP contribution >= 0.6 is 0 Å². The van der Waals surface area contributed by atoms with Crippen LogP contribution in [0.1, 0.15) is 34.7 Å². The zero-order valence-electron chi connectivity index (χ0n) is 16.7. The highest BCUT2D eigenvalue weighted by Gasteiger charge is 2.20. The van der Waals surface area contributed by atoms with E-state index >= 15 is 0 Å². The van der Waals surface area contributed by atoms with E-state index in [0.717, 1.165) is 27.8 Å². The van der Waals surface area contributed by atoms with E-state index in [2.05, 4.69) is 4.72 Å². The number of nitrogens with one attached hydrogen (secondary N) is 1. The van der Waals surface area contributed by atoms with Gasteiger partial charge in [-0.3, -0.25) is 4.79 Å². The Morgan fingerprint density at radius 1 is 0.963 bits per heavy atom. The number of amides is 1. The van der Waals surface area contributed by atoms with Crippen LogP contribution in [0.4, 0.5) is 0 Å². The SMILES string of the molecule is CC(=O)N(CCNS(=O)(=O)c1c(C)cc(C)cc1C)Cc1ccc(C)cc1. The standard InChI is InChI=1S/C21H28N2O3S/c1-15-6-8-20(9-7-15)14-23(19(5)24)11-10-22-27(25,26)21-17(3)12-16(2)13-18(21)4/h6-9,12-13,22H,10-11,14H2,1-5H3. The van der Waals surface area contributed by atoms with Gasteiger partial charge >= 0.3 is 0 Å². The lowest BCUT2D eigenvalue weighted by Crippen LogP contribution is -2.37. The van der Waals surface area contributed by atoms with E-state index in [0.29, 0.717) is 18.0 Å². The first-order chi connectivity index (χ1) is 12.6. The third kappa shape index (κ3) is 5.65. The van der Waals surface area contributed by atoms with Gasteiger partial charge in [-0.25, -0.2) is 13.1 Å². The molecule has 0 aromatic heterocycles. The van der Waals surface area contributed by atoms with Gasteiger partial charge in [0.1, 0.15) is 0 Å². The number of benzene rings is 2. The van der Waals surface area contributed by atoms with E-state index in [4.69, 9.17) is 0 Å². The quantitative estimate of drug-likeness (QED) is 0.792. The molecule has 0 spiro atoms. The first-order valence-corrected chi connectivity index (χ1v) is 10.5. The van der Waals surface area contributed by atoms with E-state index in [1.54, 1.807) is 18.7 Å². The van der Waals surface area contributed by atoms with E-state index in [1.165, 1.54) is 6.92 Å². The lowest BCUT2D eigenvalue weighted by Gasteiger charge is -2.22. The Kier molecular flexibility index (Phi) is 6.78. The number of sulfonamides is 1. The van der Waals surface area contributed by atoms with Crippen LogP contribution in [-0.4, -0.2) is 32.3 Å². The zero-order valence-corrected chi connectivity index (χ0v) is 17.5. The summed E-state index contributed by atoms with van der Waals surface area (Å²) in [6.07, 6.45) is 0. The predicted molar refractivity (Wildman–Crippen MR) is 108 cm³/mol. The number of hydrogen-bond acceptors (Lipinski definition) is 3. The smallest absolute Gasteiger partial charge is 0.241 e. The fourth-order valence-electron chi connectivity index (χ4n) is 3.24. The summed E-state index contributed by atoms with van der Waals surface area (Å²) in [6, 6.07) is 11.7. The van der Waals surface area contributed by atoms with Crippen molar-refractivity contribution in [2.75, 3.05) is 13.1 Å². The van der Waals surface area contributed by atoms with Gasteiger partial charge in [0.25, 0.3) is 0 Å². The Bertz CT molecular complexity index is 896. The second-order valence-corrected chi connectivity index (χ2v) is 8.76. The normalized spacial score (nSPS) is 11.4. The number of aryl methyl sites for hydroxylation is 4. The van der Waals surface area contributed by atoms with Gasteiger partial charge in [-0.15, -0.1) is 0 Å². The van der Waals surface area contributed by atoms with Crippen LogP contribution < -0.4 is 4.72 Å². The molecule has 27 heavy (non-hydrogen) atoms. The Labute approximate surface area is 162 Å². The monoisotopic (exact) mass is 388 g/mol. The first kappa shape index (κ1) is 21.1. The van der Waals surface area contributed by atoms with Crippen molar-refractivity contribution in [2.45, 2.75) is 46.1 Å². The molecule has 0 fully saturated rings. The van der Waals surface area contributed by atoms with Gasteiger partial charge in [0.15, 0.2) is 0 Å². The third-order valence-corrected chi connectivity index (χ3v) is 6.25. The minimum atomic E-state index is -3.63. The fraction of sp³-hybridized carbons (Fsp3) is 0.381. The third-order valence-electron chi connectivity index (χ3n) is 4.49. The maximum absolute atomic E-state index is 12.7. The van der Waals surface area contributed by atoms with Crippen molar-refractivity contribution in [1.82, 2.24) is 9.62 Å². The fourth-order valence-corrected chi connectivity index (χ4v) is 4.71. The van der Waals surface area contributed by atoms with Gasteiger partial charge in [0.05, 0.1) is 4.90 Å². The highest BCUT2D eigenvalue weighted by molar-refractivity contribution is 7.89. The maximum atomic E-state index is 12.7. The summed E-state index contributed by atoms with van der Waals surface area (Å²) >= 11 is 0. The van der Waals surface area contributed by atoms with Crippen molar-refractivity contribution < 1.29 is 13.2 Å². The highest BCUT2D eigenvalue weighted by Crippen LogP contribution is 2.21. The van der Waals surface area contributed by atoms with Crippen LogP contribution in [0, 0.1) is 27.7 Å². The average Bonchev–Trinajstić information content (AvgIpc) is 2.54. The molecule has 0 bridgehead atoms. The van der Waals surface area contributed by atoms with Crippen molar-refractivity contribution in [3.8, 4) is 0 Å². The molecule has 0 atom stereocenters. The number of nitrogens with zero attached hydrogens (tertiary/aromatic N) is 1. The summed E-state index contributed by atoms with van der Waals surface area (Å²) in [5.74, 6) is -0.0857. The van der Waals surface area contributed by atoms with Crippen molar-refractivity contribution in [3.63, 3.8) is 0 Å². The first-order valence-electron chi connectivity index (χ1n) is 8.98. The van der Waals surface area contributed by atoms with Crippen LogP contribution in [0.15, 0.2) is 41.3 Å². The van der Waals surface area contributed by atoms with Crippen molar-refractivity contribution in [3.05, 3.63) is 64.2 Å². The molecule has 2 rings (SSSR count). The van der Waals surface area contributed by atoms with Crippen molar-refractivity contribution in [2.24, 2.45) is 0 Å². The Hall–Kier alpha value is -2.18. The van der Waals surface area contributed by atoms with Crippen LogP contribution in [0.3, 0.4) is 0 Å². The molecular formula is C21H28N2O3S. The molecular weight excluding hydrogens is 360 g/mol. The van der Waals surface area contributed by atoms with Crippen molar-refractivity contribution >= 4 is 15.9 Å². The minimum Gasteiger partial charge on any atom is -0.337 e. The summed E-state index contributed by atoms with van der Waals surface area (Å²) in [5, 5.41) is 0. The molecule has 6 heteroatoms. The second kappa shape index (κ2) is 8.67. The molecule has 0 heterocycles. The van der Waals surface area contributed by atoms with Crippen molar-refractivity contribution in [1.29, 1.82) is 0 Å². The maximum Gasteiger partial charge on any atom is 0.241 e. The molecule has 2 aromatic rings. The summed E-state index contributed by atoms with van der Waals surface area (Å²) in [5.41, 5.74) is 4.66. The minimum absolute atomic E-state index is 0.0857. The van der Waals surface area contributed by atoms with E-state index in [1.807, 2.05) is 50.2 Å². The largest absolute Gasteiger partial charge is 0.337 e. The van der Waals surface area contributed by atoms with Gasteiger partial charge in [0, 0.05) is 26.6 Å². The van der Waals surface area contributed by atoms with Gasteiger partial charge in [-0.05, 0) is 44.4 Å². The molecule has 146 valence electrons. The number of carbonyl (C=O) groups is 1. The van der Waals surface area contributed by atoms with Gasteiger partial charge in [-0.2, -0.15) is 0 Å². The lowest BCUT2D eigenvalue weighted by molar-refractivity contribution is -0.129. The summed E-state index contributed by atoms with van der Waals surface area (Å²) in [7, 11) is -3.63. The van der Waals surface area contributed by atoms with Gasteiger partial charge in [-0.1, -0.05) is 47.5 Å². The molecule has 0 saturated carbocycles. The number of rotatable bonds is 7. The number of hydrogen-bond donors (Lipinski definition) is 1. The second-order valence-electron chi connectivity index (χ2n) is 7.05. The lowest BCUT2D eigenvalue weighted by atomic mass is 10.1. The van der Waals surface area contributed by atoms with Crippen LogP contribution in [0.2, 0.25) is 0 Å². The molecule has 0 radical (unpaired) electrons. The summed E-state index contributed by atoms with van der Waals surface area (Å²) in [4.78, 5) is 13.9. The van der Waals surface area contributed by atoms with Crippen LogP contribution in [-0.2, 0) is 21.4 Å². The van der Waals surface area contributed by atoms with Crippen LogP contribution in [0.25, 0.3) is 0 Å². The zero-order chi connectivity index (χ0) is 20.2. The molecule has 5 nitrogen and oxygen atoms in total. The Balaban J connectivity index is 2.06. The van der Waals surface area contributed by atoms with E-state index < -0.39 is 10.0 Å². The molecule has 0 saturated heterocycles. The van der Waals surface area contributed by atoms with Gasteiger partial charge < -0.3 is 4.90 Å². The van der Waals surface area contributed by atoms with Gasteiger partial charge in [0.2, 0.25) is 15.9 Å². The molecule has 1 amide bonds. The predicted octanol–water partition coefficient (Wildman–Crippen LogP) is 3.25. The Morgan fingerprint density at radius 3 is 2.04 bits per heavy atom. The molecule has 1 N–H and O–H groups in total. The molecule has 0 aliphatic rings. The highest BCUT2D eigenvalue weighted by atomic mass is 32.2. The number of carbonyl (C=O) groups excluding carboxylic acids is 1. The summed E-state index contributed by atoms with van der Waals surface area (Å²) < 4.78 is 28.1. The molecule has 0 unspecified atom stereocenters.